The second-order valence-electron chi connectivity index (χ2n) is 8.32. The number of aromatic nitrogens is 1. The molecule has 0 bridgehead atoms. The van der Waals surface area contributed by atoms with Crippen LogP contribution in [0.3, 0.4) is 0 Å². The Morgan fingerprint density at radius 3 is 2.65 bits per heavy atom. The van der Waals surface area contributed by atoms with Crippen molar-refractivity contribution in [1.82, 2.24) is 15.2 Å². The molecule has 9 nitrogen and oxygen atoms in total. The van der Waals surface area contributed by atoms with Crippen molar-refractivity contribution in [3.05, 3.63) is 76.3 Å². The minimum absolute atomic E-state index is 0.0184. The topological polar surface area (TPSA) is 131 Å². The lowest BCUT2D eigenvalue weighted by Gasteiger charge is -2.32. The molecule has 196 valence electrons. The highest BCUT2D eigenvalue weighted by Crippen LogP contribution is 2.30. The number of nitrogens with two attached hydrogens (primary N) is 2. The summed E-state index contributed by atoms with van der Waals surface area (Å²) >= 11 is 6.42. The van der Waals surface area contributed by atoms with Crippen LogP contribution in [-0.2, 0) is 10.9 Å². The van der Waals surface area contributed by atoms with Crippen molar-refractivity contribution in [3.63, 3.8) is 0 Å². The van der Waals surface area contributed by atoms with Crippen molar-refractivity contribution in [3.8, 4) is 0 Å². The summed E-state index contributed by atoms with van der Waals surface area (Å²) in [5, 5.41) is 5.99. The Morgan fingerprint density at radius 1 is 1.24 bits per heavy atom. The fraction of sp³-hybridized carbons (Fsp3) is 0.292. The van der Waals surface area contributed by atoms with Crippen LogP contribution in [0.1, 0.15) is 27.9 Å². The van der Waals surface area contributed by atoms with Crippen LogP contribution >= 0.6 is 11.6 Å². The number of ether oxygens (including phenoxy) is 1. The molecule has 2 aliphatic heterocycles. The minimum atomic E-state index is -4.55. The highest BCUT2D eigenvalue weighted by atomic mass is 35.5. The molecule has 0 saturated carbocycles. The Balaban J connectivity index is 1.51. The van der Waals surface area contributed by atoms with Gasteiger partial charge in [-0.2, -0.15) is 13.2 Å². The number of halogens is 4. The molecule has 13 heteroatoms. The van der Waals surface area contributed by atoms with Crippen LogP contribution in [0.2, 0.25) is 0 Å². The number of rotatable bonds is 6. The van der Waals surface area contributed by atoms with Crippen LogP contribution in [-0.4, -0.2) is 54.0 Å². The van der Waals surface area contributed by atoms with E-state index in [0.717, 1.165) is 31.4 Å². The summed E-state index contributed by atoms with van der Waals surface area (Å²) in [7, 11) is 0. The van der Waals surface area contributed by atoms with E-state index in [1.54, 1.807) is 17.0 Å². The number of carbonyl (C=O) groups excluding carboxylic acids is 1. The van der Waals surface area contributed by atoms with Gasteiger partial charge in [0, 0.05) is 31.4 Å². The smallest absolute Gasteiger partial charge is 0.396 e. The highest BCUT2D eigenvalue weighted by Gasteiger charge is 2.31. The maximum absolute atomic E-state index is 12.9. The van der Waals surface area contributed by atoms with E-state index in [1.807, 2.05) is 0 Å². The zero-order valence-electron chi connectivity index (χ0n) is 19.6. The standard InChI is InChI=1S/C24H25ClF3N7O2/c25-18-13-33-22(30)21(35(18)9-6-17-12-31-8-10-37-17)20(29)14-1-3-15(4-2-14)23(36)34-19-11-16(5-7-32-19)24(26,27)28/h1-5,7,11,13,17,31H,6,8-10,12,29H2,(H2,30,33)(H,32,34,36)/b21-20-/t17-/m0/s1. The van der Waals surface area contributed by atoms with Crippen LogP contribution in [0.15, 0.2) is 64.6 Å². The molecule has 1 saturated heterocycles. The Morgan fingerprint density at radius 2 is 1.97 bits per heavy atom. The van der Waals surface area contributed by atoms with Crippen molar-refractivity contribution in [1.29, 1.82) is 0 Å². The molecule has 0 unspecified atom stereocenters. The van der Waals surface area contributed by atoms with Crippen LogP contribution in [0.25, 0.3) is 5.70 Å². The molecule has 2 aromatic rings. The van der Waals surface area contributed by atoms with Gasteiger partial charge in [0.1, 0.15) is 22.5 Å². The lowest BCUT2D eigenvalue weighted by Crippen LogP contribution is -2.41. The fourth-order valence-electron chi connectivity index (χ4n) is 3.88. The van der Waals surface area contributed by atoms with Crippen LogP contribution in [0.5, 0.6) is 0 Å². The van der Waals surface area contributed by atoms with Gasteiger partial charge in [0.05, 0.1) is 30.2 Å². The third kappa shape index (κ3) is 6.40. The van der Waals surface area contributed by atoms with E-state index in [-0.39, 0.29) is 23.3 Å². The third-order valence-electron chi connectivity index (χ3n) is 5.80. The molecule has 1 aromatic heterocycles. The zero-order chi connectivity index (χ0) is 26.6. The second-order valence-corrected chi connectivity index (χ2v) is 8.71. The zero-order valence-corrected chi connectivity index (χ0v) is 20.3. The number of benzene rings is 1. The number of amides is 1. The fourth-order valence-corrected chi connectivity index (χ4v) is 4.10. The first-order chi connectivity index (χ1) is 17.6. The van der Waals surface area contributed by atoms with Gasteiger partial charge in [-0.15, -0.1) is 0 Å². The third-order valence-corrected chi connectivity index (χ3v) is 6.10. The first-order valence-corrected chi connectivity index (χ1v) is 11.7. The van der Waals surface area contributed by atoms with E-state index in [2.05, 4.69) is 20.6 Å². The van der Waals surface area contributed by atoms with E-state index >= 15 is 0 Å². The summed E-state index contributed by atoms with van der Waals surface area (Å²) in [4.78, 5) is 22.2. The van der Waals surface area contributed by atoms with Crippen molar-refractivity contribution in [2.24, 2.45) is 16.5 Å². The van der Waals surface area contributed by atoms with Crippen LogP contribution in [0.4, 0.5) is 19.0 Å². The number of anilines is 1. The van der Waals surface area contributed by atoms with Gasteiger partial charge in [-0.05, 0) is 36.2 Å². The van der Waals surface area contributed by atoms with E-state index in [4.69, 9.17) is 27.8 Å². The molecule has 1 aromatic carbocycles. The molecule has 0 radical (unpaired) electrons. The monoisotopic (exact) mass is 535 g/mol. The Bertz CT molecular complexity index is 1240. The Kier molecular flexibility index (Phi) is 8.00. The summed E-state index contributed by atoms with van der Waals surface area (Å²) in [6.45, 7) is 2.65. The van der Waals surface area contributed by atoms with E-state index in [9.17, 15) is 18.0 Å². The molecular weight excluding hydrogens is 511 g/mol. The van der Waals surface area contributed by atoms with Crippen molar-refractivity contribution >= 4 is 34.9 Å². The van der Waals surface area contributed by atoms with Gasteiger partial charge in [0.2, 0.25) is 0 Å². The number of pyridine rings is 1. The average Bonchev–Trinajstić information content (AvgIpc) is 2.89. The molecule has 37 heavy (non-hydrogen) atoms. The SMILES string of the molecule is NC1=NC=C(Cl)N(CC[C@H]2CNCCO2)/C1=C(\N)c1ccc(C(=O)Nc2cc(C(F)(F)F)ccn2)cc1. The highest BCUT2D eigenvalue weighted by molar-refractivity contribution is 6.30. The van der Waals surface area contributed by atoms with Crippen molar-refractivity contribution in [2.45, 2.75) is 18.7 Å². The van der Waals surface area contributed by atoms with Gasteiger partial charge in [0.25, 0.3) is 5.91 Å². The molecule has 0 aliphatic carbocycles. The molecule has 1 fully saturated rings. The molecule has 2 aliphatic rings. The molecule has 3 heterocycles. The Labute approximate surface area is 216 Å². The van der Waals surface area contributed by atoms with Crippen molar-refractivity contribution < 1.29 is 22.7 Å². The predicted octanol–water partition coefficient (Wildman–Crippen LogP) is 3.07. The molecule has 1 amide bonds. The van der Waals surface area contributed by atoms with Gasteiger partial charge in [0.15, 0.2) is 0 Å². The van der Waals surface area contributed by atoms with Gasteiger partial charge >= 0.3 is 6.18 Å². The summed E-state index contributed by atoms with van der Waals surface area (Å²) < 4.78 is 44.5. The van der Waals surface area contributed by atoms with Crippen LogP contribution in [0, 0.1) is 0 Å². The summed E-state index contributed by atoms with van der Waals surface area (Å²) in [6, 6.07) is 7.77. The summed E-state index contributed by atoms with van der Waals surface area (Å²) in [5.41, 5.74) is 13.2. The lowest BCUT2D eigenvalue weighted by molar-refractivity contribution is -0.137. The number of morpholine rings is 1. The largest absolute Gasteiger partial charge is 0.416 e. The quantitative estimate of drug-likeness (QED) is 0.418. The number of alkyl halides is 3. The number of aliphatic imine (C=N–C) groups is 1. The number of hydrogen-bond donors (Lipinski definition) is 4. The van der Waals surface area contributed by atoms with E-state index in [0.29, 0.717) is 41.7 Å². The molecular formula is C24H25ClF3N7O2. The number of hydrogen-bond acceptors (Lipinski definition) is 8. The normalized spacial score (nSPS) is 19.7. The second kappa shape index (κ2) is 11.2. The molecule has 1 atom stereocenters. The average molecular weight is 536 g/mol. The van der Waals surface area contributed by atoms with Gasteiger partial charge < -0.3 is 31.7 Å². The Hall–Kier alpha value is -3.61. The first-order valence-electron chi connectivity index (χ1n) is 11.4. The number of carbonyl (C=O) groups is 1. The number of nitrogens with zero attached hydrogens (tertiary/aromatic N) is 3. The molecule has 0 spiro atoms. The lowest BCUT2D eigenvalue weighted by atomic mass is 10.1. The van der Waals surface area contributed by atoms with Gasteiger partial charge in [-0.25, -0.2) is 9.98 Å². The predicted molar refractivity (Wildman–Crippen MR) is 134 cm³/mol. The number of amidine groups is 1. The van der Waals surface area contributed by atoms with E-state index < -0.39 is 17.6 Å². The minimum Gasteiger partial charge on any atom is -0.396 e. The molecule has 6 N–H and O–H groups in total. The van der Waals surface area contributed by atoms with Gasteiger partial charge in [-0.3, -0.25) is 4.79 Å². The maximum atomic E-state index is 12.9. The summed E-state index contributed by atoms with van der Waals surface area (Å²) in [5.74, 6) is -0.662. The number of nitrogens with one attached hydrogen (secondary N) is 2. The van der Waals surface area contributed by atoms with Gasteiger partial charge in [-0.1, -0.05) is 23.7 Å². The molecule has 4 rings (SSSR count). The van der Waals surface area contributed by atoms with Crippen molar-refractivity contribution in [2.75, 3.05) is 31.6 Å². The summed E-state index contributed by atoms with van der Waals surface area (Å²) in [6.07, 6.45) is -1.43. The maximum Gasteiger partial charge on any atom is 0.416 e. The van der Waals surface area contributed by atoms with Crippen LogP contribution < -0.4 is 22.1 Å². The van der Waals surface area contributed by atoms with E-state index in [1.165, 1.54) is 18.3 Å². The first kappa shape index (κ1) is 26.5.